The van der Waals surface area contributed by atoms with Crippen LogP contribution < -0.4 is 19.3 Å². The average Bonchev–Trinajstić information content (AvgIpc) is 3.84. The summed E-state index contributed by atoms with van der Waals surface area (Å²) in [6.45, 7) is 4.95. The Kier molecular flexibility index (Phi) is 17.5. The number of aliphatic hydroxyl groups is 2. The first-order valence-electron chi connectivity index (χ1n) is 27.5. The number of esters is 2. The van der Waals surface area contributed by atoms with E-state index in [-0.39, 0.29) is 22.6 Å². The van der Waals surface area contributed by atoms with Crippen LogP contribution in [-0.2, 0) is 63.5 Å². The van der Waals surface area contributed by atoms with E-state index >= 15 is 0 Å². The molecule has 0 aromatic heterocycles. The maximum Gasteiger partial charge on any atom is 0.343 e. The Morgan fingerprint density at radius 3 is 1.40 bits per heavy atom. The van der Waals surface area contributed by atoms with E-state index in [4.69, 9.17) is 42.1 Å². The Labute approximate surface area is 468 Å². The lowest BCUT2D eigenvalue weighted by atomic mass is 9.70. The van der Waals surface area contributed by atoms with Crippen LogP contribution in [-0.4, -0.2) is 125 Å². The van der Waals surface area contributed by atoms with Gasteiger partial charge in [-0.2, -0.15) is 0 Å². The van der Waals surface area contributed by atoms with Crippen LogP contribution in [0.3, 0.4) is 0 Å². The summed E-state index contributed by atoms with van der Waals surface area (Å²) < 4.78 is 23.0. The van der Waals surface area contributed by atoms with Gasteiger partial charge < -0.3 is 48.8 Å². The van der Waals surface area contributed by atoms with Crippen molar-refractivity contribution in [2.45, 2.75) is 112 Å². The first-order chi connectivity index (χ1) is 37.5. The Balaban J connectivity index is 0.000000190. The lowest BCUT2D eigenvalue weighted by molar-refractivity contribution is -0.168. The van der Waals surface area contributed by atoms with Gasteiger partial charge in [-0.05, 0) is 159 Å². The van der Waals surface area contributed by atoms with Crippen molar-refractivity contribution >= 4 is 58.3 Å². The fraction of sp³-hybridized carbons (Fsp3) is 0.484. The van der Waals surface area contributed by atoms with Crippen molar-refractivity contribution in [2.75, 3.05) is 90.6 Å². The van der Waals surface area contributed by atoms with E-state index in [0.717, 1.165) is 125 Å². The molecule has 0 fully saturated rings. The molecule has 78 heavy (non-hydrogen) atoms. The summed E-state index contributed by atoms with van der Waals surface area (Å²) in [5, 5.41) is 24.9. The molecule has 4 atom stereocenters. The van der Waals surface area contributed by atoms with Crippen LogP contribution >= 0.6 is 23.2 Å². The summed E-state index contributed by atoms with van der Waals surface area (Å²) in [6.07, 6.45) is 19.1. The minimum Gasteiger partial charge on any atom is -0.490 e. The number of nitrogens with zero attached hydrogens (tertiary/aromatic N) is 4. The zero-order valence-electron chi connectivity index (χ0n) is 45.5. The highest BCUT2D eigenvalue weighted by atomic mass is 35.5. The molecule has 4 aromatic carbocycles. The van der Waals surface area contributed by atoms with Gasteiger partial charge in [0.2, 0.25) is 11.8 Å². The first-order valence-corrected chi connectivity index (χ1v) is 28.3. The molecule has 0 saturated carbocycles. The molecule has 416 valence electrons. The molecular weight excluding hydrogens is 1030 g/mol. The summed E-state index contributed by atoms with van der Waals surface area (Å²) in [7, 11) is 5.79. The number of aryl methyl sites for hydroxylation is 2. The number of ether oxygens (including phenoxy) is 4. The number of anilines is 2. The molecule has 4 heterocycles. The number of fused-ring (bicyclic) bond motifs is 6. The Hall–Kier alpha value is -6.06. The highest BCUT2D eigenvalue weighted by Gasteiger charge is 2.47. The topological polar surface area (TPSA) is 159 Å². The number of halogens is 2. The fourth-order valence-electron chi connectivity index (χ4n) is 12.5. The Bertz CT molecular complexity index is 2750. The quantitative estimate of drug-likeness (QED) is 0.145. The third-order valence-corrected chi connectivity index (χ3v) is 17.4. The summed E-state index contributed by atoms with van der Waals surface area (Å²) in [6, 6.07) is 23.0. The van der Waals surface area contributed by atoms with Crippen LogP contribution in [0, 0.1) is 0 Å². The molecule has 16 heteroatoms. The summed E-state index contributed by atoms with van der Waals surface area (Å²) in [5.41, 5.74) is 2.72. The monoisotopic (exact) mass is 1100 g/mol. The molecule has 2 aliphatic carbocycles. The van der Waals surface area contributed by atoms with Gasteiger partial charge in [-0.25, -0.2) is 9.59 Å². The van der Waals surface area contributed by atoms with Gasteiger partial charge in [0, 0.05) is 74.2 Å². The van der Waals surface area contributed by atoms with Gasteiger partial charge in [0.25, 0.3) is 0 Å². The van der Waals surface area contributed by atoms with Crippen molar-refractivity contribution in [2.24, 2.45) is 0 Å². The molecule has 0 unspecified atom stereocenters. The minimum atomic E-state index is -2.12. The standard InChI is InChI=1S/2C31H37ClN2O5/c2*1-33-15-6-4-3-5-7-16-34-20-30(14-8-9-22-17-24(32)11-12-25(22)30)21-39-27-13-10-23(18-26(27)34)31(37,19-28(33)35)29(36)38-2/h2*4,6,10-13,17-18,37H,3,5,7-9,14-16,19-21H2,1-2H3/b2*6-4+/t30-,31+;30-,31-/m00/s1. The first kappa shape index (κ1) is 56.7. The number of amides is 2. The third-order valence-electron chi connectivity index (χ3n) is 16.9. The van der Waals surface area contributed by atoms with Gasteiger partial charge in [0.15, 0.2) is 11.2 Å². The van der Waals surface area contributed by atoms with E-state index in [1.54, 1.807) is 26.2 Å². The second kappa shape index (κ2) is 24.1. The van der Waals surface area contributed by atoms with E-state index in [1.165, 1.54) is 46.3 Å². The van der Waals surface area contributed by atoms with Crippen LogP contribution in [0.4, 0.5) is 11.4 Å². The molecular formula is C62H74Cl2N4O10. The van der Waals surface area contributed by atoms with Gasteiger partial charge in [-0.1, -0.05) is 71.8 Å². The van der Waals surface area contributed by atoms with Crippen LogP contribution in [0.15, 0.2) is 97.1 Å². The van der Waals surface area contributed by atoms with Gasteiger partial charge in [0.05, 0.1) is 51.6 Å². The molecule has 0 radical (unpaired) electrons. The second-order valence-electron chi connectivity index (χ2n) is 22.2. The number of carbonyl (C=O) groups excluding carboxylic acids is 4. The number of allylic oxidation sites excluding steroid dienone is 2. The Morgan fingerprint density at radius 2 is 0.987 bits per heavy atom. The third kappa shape index (κ3) is 11.8. The largest absolute Gasteiger partial charge is 0.490 e. The van der Waals surface area contributed by atoms with Gasteiger partial charge in [-0.15, -0.1) is 0 Å². The number of methoxy groups -OCH3 is 2. The molecule has 0 saturated heterocycles. The summed E-state index contributed by atoms with van der Waals surface area (Å²) in [4.78, 5) is 59.7. The second-order valence-corrected chi connectivity index (χ2v) is 23.1. The van der Waals surface area contributed by atoms with Crippen molar-refractivity contribution in [3.05, 3.63) is 141 Å². The maximum atomic E-state index is 13.1. The van der Waals surface area contributed by atoms with Crippen molar-refractivity contribution in [3.63, 3.8) is 0 Å². The highest BCUT2D eigenvalue weighted by molar-refractivity contribution is 6.31. The van der Waals surface area contributed by atoms with Crippen molar-refractivity contribution in [3.8, 4) is 11.5 Å². The van der Waals surface area contributed by atoms with E-state index < -0.39 is 36.0 Å². The number of rotatable bonds is 2. The number of likely N-dealkylation sites (N-methyl/N-ethyl adjacent to an activating group) is 2. The van der Waals surface area contributed by atoms with Crippen LogP contribution in [0.25, 0.3) is 0 Å². The van der Waals surface area contributed by atoms with Crippen molar-refractivity contribution in [1.29, 1.82) is 0 Å². The molecule has 2 spiro atoms. The van der Waals surface area contributed by atoms with Crippen LogP contribution in [0.2, 0.25) is 10.0 Å². The average molecular weight is 1110 g/mol. The number of hydrogen-bond donors (Lipinski definition) is 2. The van der Waals surface area contributed by atoms with Crippen LogP contribution in [0.5, 0.6) is 11.5 Å². The number of benzene rings is 4. The van der Waals surface area contributed by atoms with Gasteiger partial charge in [0.1, 0.15) is 11.5 Å². The van der Waals surface area contributed by atoms with Gasteiger partial charge in [-0.3, -0.25) is 9.59 Å². The maximum absolute atomic E-state index is 13.1. The zero-order chi connectivity index (χ0) is 55.2. The fourth-order valence-corrected chi connectivity index (χ4v) is 12.9. The lowest BCUT2D eigenvalue weighted by Gasteiger charge is -2.41. The molecule has 4 aromatic rings. The number of carbonyl (C=O) groups is 4. The highest BCUT2D eigenvalue weighted by Crippen LogP contribution is 2.48. The molecule has 2 N–H and O–H groups in total. The van der Waals surface area contributed by atoms with Crippen molar-refractivity contribution < 1.29 is 48.3 Å². The smallest absolute Gasteiger partial charge is 0.343 e. The summed E-state index contributed by atoms with van der Waals surface area (Å²) >= 11 is 12.7. The van der Waals surface area contributed by atoms with Crippen LogP contribution in [0.1, 0.15) is 110 Å². The molecule has 14 nitrogen and oxygen atoms in total. The molecule has 4 bridgehead atoms. The van der Waals surface area contributed by atoms with Gasteiger partial charge >= 0.3 is 11.9 Å². The van der Waals surface area contributed by atoms with Crippen molar-refractivity contribution in [1.82, 2.24) is 9.80 Å². The van der Waals surface area contributed by atoms with E-state index in [1.807, 2.05) is 48.6 Å². The van der Waals surface area contributed by atoms with E-state index in [9.17, 15) is 29.4 Å². The Morgan fingerprint density at radius 1 is 0.564 bits per heavy atom. The van der Waals surface area contributed by atoms with E-state index in [0.29, 0.717) is 48.9 Å². The lowest BCUT2D eigenvalue weighted by Crippen LogP contribution is -2.46. The predicted molar refractivity (Wildman–Crippen MR) is 303 cm³/mol. The SMILES string of the molecule is COC(=O)[C@@]1(O)CC(=O)N(C)C/C=C/CCCCN2C[C@@]3(CCCc4cc(Cl)ccc43)COc3ccc1cc32.COC(=O)[C@]1(O)CC(=O)N(C)C/C=C/CCCCN2C[C@@]3(CCCc4cc(Cl)ccc43)COc3ccc1cc32. The molecule has 4 aliphatic heterocycles. The minimum absolute atomic E-state index is 0.211. The predicted octanol–water partition coefficient (Wildman–Crippen LogP) is 9.52. The summed E-state index contributed by atoms with van der Waals surface area (Å²) in [5.74, 6) is -1.00. The zero-order valence-corrected chi connectivity index (χ0v) is 47.0. The molecule has 2 amide bonds. The van der Waals surface area contributed by atoms with E-state index in [2.05, 4.69) is 46.2 Å². The molecule has 6 aliphatic rings. The molecule has 10 rings (SSSR count). The number of hydrogen-bond acceptors (Lipinski definition) is 12. The normalized spacial score (nSPS) is 26.5.